The molecule has 0 saturated heterocycles. The normalized spacial score (nSPS) is 25.4. The van der Waals surface area contributed by atoms with E-state index >= 15 is 0 Å². The van der Waals surface area contributed by atoms with Gasteiger partial charge in [-0.25, -0.2) is 15.0 Å². The summed E-state index contributed by atoms with van der Waals surface area (Å²) >= 11 is 0. The first-order valence-electron chi connectivity index (χ1n) is 13.8. The summed E-state index contributed by atoms with van der Waals surface area (Å²) in [6.45, 7) is 8.71. The molecule has 3 amide bonds. The van der Waals surface area contributed by atoms with Crippen molar-refractivity contribution in [3.05, 3.63) is 72.3 Å². The summed E-state index contributed by atoms with van der Waals surface area (Å²) < 4.78 is 5.16. The second-order valence-corrected chi connectivity index (χ2v) is 11.9. The molecule has 0 heterocycles. The van der Waals surface area contributed by atoms with Crippen molar-refractivity contribution in [3.8, 4) is 11.1 Å². The molecule has 0 aliphatic heterocycles. The number of benzene rings is 2. The van der Waals surface area contributed by atoms with Gasteiger partial charge in [-0.05, 0) is 51.2 Å². The van der Waals surface area contributed by atoms with Crippen LogP contribution in [-0.2, 0) is 24.0 Å². The Kier molecular flexibility index (Phi) is 7.53. The van der Waals surface area contributed by atoms with Crippen molar-refractivity contribution in [2.75, 3.05) is 0 Å². The summed E-state index contributed by atoms with van der Waals surface area (Å²) in [6, 6.07) is 15.7. The Morgan fingerprint density at radius 2 is 1.48 bits per heavy atom. The van der Waals surface area contributed by atoms with Crippen LogP contribution >= 0.6 is 0 Å². The van der Waals surface area contributed by atoms with E-state index in [4.69, 9.17) is 9.57 Å². The average molecular weight is 575 g/mol. The molecule has 2 aromatic rings. The summed E-state index contributed by atoms with van der Waals surface area (Å²) in [5, 5.41) is 16.9. The third-order valence-electron chi connectivity index (χ3n) is 7.85. The zero-order chi connectivity index (χ0) is 30.2. The number of ether oxygens (including phenoxy) is 1. The summed E-state index contributed by atoms with van der Waals surface area (Å²) in [5.74, 6) is -4.65. The number of carbonyl (C=O) groups excluding carboxylic acids is 3. The molecule has 3 aliphatic carbocycles. The van der Waals surface area contributed by atoms with Crippen LogP contribution in [-0.4, -0.2) is 51.9 Å². The lowest BCUT2D eigenvalue weighted by Crippen LogP contribution is -2.51. The molecular weight excluding hydrogens is 540 g/mol. The van der Waals surface area contributed by atoms with Gasteiger partial charge in [0.05, 0.1) is 11.8 Å². The van der Waals surface area contributed by atoms with E-state index in [1.54, 1.807) is 20.8 Å². The maximum atomic E-state index is 13.4. The molecule has 5 rings (SSSR count). The van der Waals surface area contributed by atoms with E-state index in [9.17, 15) is 24.3 Å². The van der Waals surface area contributed by atoms with Gasteiger partial charge in [-0.3, -0.25) is 15.0 Å². The molecule has 2 fully saturated rings. The predicted octanol–water partition coefficient (Wildman–Crippen LogP) is 3.53. The lowest BCUT2D eigenvalue weighted by Gasteiger charge is -2.23. The molecule has 5 atom stereocenters. The van der Waals surface area contributed by atoms with E-state index in [0.29, 0.717) is 5.71 Å². The monoisotopic (exact) mass is 574 g/mol. The number of aliphatic carboxylic acids is 1. The zero-order valence-electron chi connectivity index (χ0n) is 23.7. The molecule has 3 aliphatic rings. The maximum absolute atomic E-state index is 13.4. The first-order chi connectivity index (χ1) is 19.9. The number of rotatable bonds is 7. The van der Waals surface area contributed by atoms with Crippen LogP contribution < -0.4 is 16.2 Å². The number of carboxylic acid groups (broad SMARTS) is 1. The molecule has 0 aromatic heterocycles. The fourth-order valence-corrected chi connectivity index (χ4v) is 5.71. The minimum absolute atomic E-state index is 0.116. The Morgan fingerprint density at radius 3 is 1.98 bits per heavy atom. The van der Waals surface area contributed by atoms with Crippen LogP contribution in [0.5, 0.6) is 0 Å². The van der Waals surface area contributed by atoms with Gasteiger partial charge in [0, 0.05) is 17.0 Å². The van der Waals surface area contributed by atoms with Crippen LogP contribution in [0.4, 0.5) is 4.79 Å². The SMILES string of the molecule is C=C[C@@H]1C[C@]1(NC(=O)[C@@H]1C[C@@H](ON=C2c3ccccc3-c3ccccc32)C[C@H]1C(=O)NNC(=O)OC(C)(C)C)C(=O)O. The number of hydrazine groups is 1. The zero-order valence-corrected chi connectivity index (χ0v) is 23.7. The highest BCUT2D eigenvalue weighted by Gasteiger charge is 2.61. The summed E-state index contributed by atoms with van der Waals surface area (Å²) in [4.78, 5) is 56.7. The number of hydrogen-bond acceptors (Lipinski definition) is 7. The van der Waals surface area contributed by atoms with Gasteiger partial charge in [-0.2, -0.15) is 0 Å². The topological polar surface area (TPSA) is 155 Å². The molecule has 0 radical (unpaired) electrons. The van der Waals surface area contributed by atoms with Crippen LogP contribution in [0.3, 0.4) is 0 Å². The van der Waals surface area contributed by atoms with E-state index < -0.39 is 58.9 Å². The highest BCUT2D eigenvalue weighted by molar-refractivity contribution is 6.24. The number of oxime groups is 1. The van der Waals surface area contributed by atoms with Crippen molar-refractivity contribution in [1.29, 1.82) is 0 Å². The first-order valence-corrected chi connectivity index (χ1v) is 13.8. The largest absolute Gasteiger partial charge is 0.479 e. The minimum Gasteiger partial charge on any atom is -0.479 e. The van der Waals surface area contributed by atoms with Crippen molar-refractivity contribution in [1.82, 2.24) is 16.2 Å². The van der Waals surface area contributed by atoms with Gasteiger partial charge in [-0.15, -0.1) is 6.58 Å². The Balaban J connectivity index is 1.35. The van der Waals surface area contributed by atoms with Gasteiger partial charge in [0.1, 0.15) is 23.0 Å². The van der Waals surface area contributed by atoms with Crippen LogP contribution in [0.1, 0.15) is 51.2 Å². The number of hydrogen-bond donors (Lipinski definition) is 4. The van der Waals surface area contributed by atoms with Crippen molar-refractivity contribution in [2.45, 2.75) is 57.3 Å². The smallest absolute Gasteiger partial charge is 0.426 e. The van der Waals surface area contributed by atoms with E-state index in [1.165, 1.54) is 6.08 Å². The Bertz CT molecular complexity index is 1430. The number of nitrogens with zero attached hydrogens (tertiary/aromatic N) is 1. The van der Waals surface area contributed by atoms with Gasteiger partial charge in [0.25, 0.3) is 0 Å². The van der Waals surface area contributed by atoms with Crippen LogP contribution in [0.2, 0.25) is 0 Å². The molecule has 2 aromatic carbocycles. The number of fused-ring (bicyclic) bond motifs is 3. The summed E-state index contributed by atoms with van der Waals surface area (Å²) in [6.07, 6.45) is 0.464. The molecule has 220 valence electrons. The Labute approximate surface area is 243 Å². The summed E-state index contributed by atoms with van der Waals surface area (Å²) in [7, 11) is 0. The van der Waals surface area contributed by atoms with Gasteiger partial charge < -0.3 is 20.0 Å². The third-order valence-corrected chi connectivity index (χ3v) is 7.85. The van der Waals surface area contributed by atoms with Crippen molar-refractivity contribution in [3.63, 3.8) is 0 Å². The van der Waals surface area contributed by atoms with Gasteiger partial charge in [-0.1, -0.05) is 59.8 Å². The molecule has 0 spiro atoms. The van der Waals surface area contributed by atoms with Crippen molar-refractivity contribution in [2.24, 2.45) is 22.9 Å². The molecule has 4 N–H and O–H groups in total. The van der Waals surface area contributed by atoms with Crippen molar-refractivity contribution < 1.29 is 33.9 Å². The van der Waals surface area contributed by atoms with E-state index in [0.717, 1.165) is 22.3 Å². The maximum Gasteiger partial charge on any atom is 0.426 e. The standard InChI is InChI=1S/C31H34N4O7/c1-5-17-16-31(17,28(38)39)32-26(36)23-14-18(15-24(23)27(37)33-34-29(40)41-30(2,3)4)42-35-25-21-12-8-6-10-19(21)20-11-7-9-13-22(20)25/h5-13,17-18,23-24H,1,14-16H2,2-4H3,(H,32,36)(H,33,37)(H,34,40)(H,38,39)/t17-,18-,23-,24-,31-/m1/s1. The second kappa shape index (κ2) is 11.0. The average Bonchev–Trinajstić information content (AvgIpc) is 3.34. The lowest BCUT2D eigenvalue weighted by atomic mass is 9.94. The molecule has 11 heteroatoms. The number of carboxylic acids is 1. The Hall–Kier alpha value is -4.67. The van der Waals surface area contributed by atoms with Gasteiger partial charge in [0.2, 0.25) is 11.8 Å². The number of carbonyl (C=O) groups is 4. The van der Waals surface area contributed by atoms with E-state index in [-0.39, 0.29) is 19.3 Å². The van der Waals surface area contributed by atoms with Crippen LogP contribution in [0, 0.1) is 17.8 Å². The highest BCUT2D eigenvalue weighted by atomic mass is 16.6. The quantitative estimate of drug-likeness (QED) is 0.249. The molecule has 42 heavy (non-hydrogen) atoms. The van der Waals surface area contributed by atoms with E-state index in [1.807, 2.05) is 48.5 Å². The lowest BCUT2D eigenvalue weighted by molar-refractivity contribution is -0.144. The molecule has 0 unspecified atom stereocenters. The molecule has 2 saturated carbocycles. The van der Waals surface area contributed by atoms with Gasteiger partial charge in [0.15, 0.2) is 0 Å². The fourth-order valence-electron chi connectivity index (χ4n) is 5.71. The van der Waals surface area contributed by atoms with Crippen molar-refractivity contribution >= 4 is 29.6 Å². The number of nitrogens with one attached hydrogen (secondary N) is 3. The molecule has 0 bridgehead atoms. The molecule has 11 nitrogen and oxygen atoms in total. The Morgan fingerprint density at radius 1 is 0.929 bits per heavy atom. The predicted molar refractivity (Wildman–Crippen MR) is 153 cm³/mol. The van der Waals surface area contributed by atoms with E-state index in [2.05, 4.69) is 27.9 Å². The third kappa shape index (κ3) is 5.59. The minimum atomic E-state index is -1.45. The van der Waals surface area contributed by atoms with Crippen LogP contribution in [0.25, 0.3) is 11.1 Å². The van der Waals surface area contributed by atoms with Crippen LogP contribution in [0.15, 0.2) is 66.3 Å². The summed E-state index contributed by atoms with van der Waals surface area (Å²) in [5.41, 5.74) is 6.85. The highest BCUT2D eigenvalue weighted by Crippen LogP contribution is 2.46. The number of amides is 3. The van der Waals surface area contributed by atoms with Gasteiger partial charge >= 0.3 is 12.1 Å². The fraction of sp³-hybridized carbons (Fsp3) is 0.387. The molecular formula is C31H34N4O7. The second-order valence-electron chi connectivity index (χ2n) is 11.9. The first kappa shape index (κ1) is 28.8.